The highest BCUT2D eigenvalue weighted by Gasteiger charge is 2.28. The van der Waals surface area contributed by atoms with E-state index in [1.807, 2.05) is 25.1 Å². The molecule has 2 rings (SSSR count). The predicted octanol–water partition coefficient (Wildman–Crippen LogP) is 1.56. The molecule has 1 aromatic rings. The van der Waals surface area contributed by atoms with Gasteiger partial charge < -0.3 is 9.64 Å². The minimum atomic E-state index is -0.0169. The Labute approximate surface area is 121 Å². The van der Waals surface area contributed by atoms with E-state index in [0.717, 1.165) is 32.5 Å². The van der Waals surface area contributed by atoms with Crippen LogP contribution in [0.5, 0.6) is 0 Å². The third-order valence-corrected chi connectivity index (χ3v) is 3.75. The van der Waals surface area contributed by atoms with Gasteiger partial charge in [-0.05, 0) is 31.4 Å². The summed E-state index contributed by atoms with van der Waals surface area (Å²) in [6.07, 6.45) is 6.45. The molecule has 3 nitrogen and oxygen atoms in total. The molecule has 1 aromatic carbocycles. The molecule has 3 heteroatoms. The second-order valence-electron chi connectivity index (χ2n) is 5.31. The molecule has 0 radical (unpaired) electrons. The number of esters is 1. The van der Waals surface area contributed by atoms with Gasteiger partial charge in [0.1, 0.15) is 5.92 Å². The number of carbonyl (C=O) groups is 1. The van der Waals surface area contributed by atoms with Crippen LogP contribution in [0.3, 0.4) is 0 Å². The summed E-state index contributed by atoms with van der Waals surface area (Å²) in [7, 11) is 0. The Morgan fingerprint density at radius 3 is 2.95 bits per heavy atom. The van der Waals surface area contributed by atoms with Gasteiger partial charge in [0.25, 0.3) is 0 Å². The van der Waals surface area contributed by atoms with Gasteiger partial charge in [0.2, 0.25) is 0 Å². The molecule has 1 aliphatic rings. The number of piperidine rings is 1. The van der Waals surface area contributed by atoms with Crippen molar-refractivity contribution in [1.82, 2.24) is 0 Å². The van der Waals surface area contributed by atoms with Crippen LogP contribution >= 0.6 is 0 Å². The third kappa shape index (κ3) is 4.49. The van der Waals surface area contributed by atoms with E-state index in [0.29, 0.717) is 6.61 Å². The van der Waals surface area contributed by atoms with Crippen molar-refractivity contribution in [3.63, 3.8) is 0 Å². The van der Waals surface area contributed by atoms with Gasteiger partial charge >= 0.3 is 5.97 Å². The first-order chi connectivity index (χ1) is 9.79. The lowest BCUT2D eigenvalue weighted by atomic mass is 9.98. The first-order valence-electron chi connectivity index (χ1n) is 7.51. The maximum Gasteiger partial charge on any atom is 0.314 e. The van der Waals surface area contributed by atoms with Crippen LogP contribution in [0.2, 0.25) is 0 Å². The van der Waals surface area contributed by atoms with Crippen LogP contribution in [0.1, 0.15) is 25.3 Å². The molecule has 1 heterocycles. The fourth-order valence-corrected chi connectivity index (χ4v) is 2.72. The lowest BCUT2D eigenvalue weighted by Crippen LogP contribution is -3.13. The van der Waals surface area contributed by atoms with Crippen LogP contribution in [-0.4, -0.2) is 32.2 Å². The summed E-state index contributed by atoms with van der Waals surface area (Å²) < 4.78 is 5.13. The predicted molar refractivity (Wildman–Crippen MR) is 80.4 cm³/mol. The molecule has 0 bridgehead atoms. The van der Waals surface area contributed by atoms with Crippen LogP contribution in [0.15, 0.2) is 36.4 Å². The van der Waals surface area contributed by atoms with E-state index in [4.69, 9.17) is 4.74 Å². The fourth-order valence-electron chi connectivity index (χ4n) is 2.72. The molecular weight excluding hydrogens is 250 g/mol. The lowest BCUT2D eigenvalue weighted by molar-refractivity contribution is -0.901. The molecule has 0 aromatic heterocycles. The topological polar surface area (TPSA) is 30.7 Å². The zero-order chi connectivity index (χ0) is 14.2. The molecule has 0 amide bonds. The van der Waals surface area contributed by atoms with Gasteiger partial charge in [-0.2, -0.15) is 0 Å². The Balaban J connectivity index is 1.81. The van der Waals surface area contributed by atoms with Gasteiger partial charge in [0, 0.05) is 0 Å². The maximum absolute atomic E-state index is 11.8. The summed E-state index contributed by atoms with van der Waals surface area (Å²) in [5.74, 6) is 0.0700. The quantitative estimate of drug-likeness (QED) is 0.826. The molecule has 0 aliphatic carbocycles. The first-order valence-corrected chi connectivity index (χ1v) is 7.51. The number of hydrogen-bond donors (Lipinski definition) is 1. The van der Waals surface area contributed by atoms with E-state index in [1.165, 1.54) is 10.5 Å². The molecule has 2 atom stereocenters. The molecule has 0 spiro atoms. The van der Waals surface area contributed by atoms with Crippen molar-refractivity contribution in [3.8, 4) is 0 Å². The van der Waals surface area contributed by atoms with E-state index < -0.39 is 0 Å². The minimum Gasteiger partial charge on any atom is -0.466 e. The smallest absolute Gasteiger partial charge is 0.314 e. The van der Waals surface area contributed by atoms with Crippen molar-refractivity contribution in [3.05, 3.63) is 42.0 Å². The zero-order valence-electron chi connectivity index (χ0n) is 12.2. The normalized spacial score (nSPS) is 22.9. The van der Waals surface area contributed by atoms with E-state index >= 15 is 0 Å². The minimum absolute atomic E-state index is 0.0169. The third-order valence-electron chi connectivity index (χ3n) is 3.75. The van der Waals surface area contributed by atoms with Gasteiger partial charge in [0.15, 0.2) is 0 Å². The summed E-state index contributed by atoms with van der Waals surface area (Å²) in [6.45, 7) is 5.38. The standard InChI is InChI=1S/C17H23NO2/c1-2-20-17(19)16-11-7-13-18(14-16)12-6-10-15-8-4-3-5-9-15/h3-6,8-10,16H,2,7,11-14H2,1H3/p+1/b10-6+/t16-/m0/s1. The Morgan fingerprint density at radius 1 is 1.40 bits per heavy atom. The molecule has 1 saturated heterocycles. The highest BCUT2D eigenvalue weighted by Crippen LogP contribution is 2.09. The van der Waals surface area contributed by atoms with Crippen LogP contribution in [0, 0.1) is 5.92 Å². The number of ether oxygens (including phenoxy) is 1. The summed E-state index contributed by atoms with van der Waals surface area (Å²) in [6, 6.07) is 10.3. The number of hydrogen-bond acceptors (Lipinski definition) is 2. The lowest BCUT2D eigenvalue weighted by Gasteiger charge is -2.27. The van der Waals surface area contributed by atoms with Crippen molar-refractivity contribution in [1.29, 1.82) is 0 Å². The summed E-state index contributed by atoms with van der Waals surface area (Å²) in [5.41, 5.74) is 1.23. The van der Waals surface area contributed by atoms with Crippen LogP contribution in [-0.2, 0) is 9.53 Å². The fraction of sp³-hybridized carbons (Fsp3) is 0.471. The molecule has 1 unspecified atom stereocenters. The van der Waals surface area contributed by atoms with Gasteiger partial charge in [-0.15, -0.1) is 0 Å². The second kappa shape index (κ2) is 7.85. The van der Waals surface area contributed by atoms with Crippen molar-refractivity contribution < 1.29 is 14.4 Å². The number of carbonyl (C=O) groups excluding carboxylic acids is 1. The number of quaternary nitrogens is 1. The monoisotopic (exact) mass is 274 g/mol. The van der Waals surface area contributed by atoms with Crippen LogP contribution in [0.4, 0.5) is 0 Å². The van der Waals surface area contributed by atoms with E-state index in [-0.39, 0.29) is 11.9 Å². The van der Waals surface area contributed by atoms with Crippen molar-refractivity contribution >= 4 is 12.0 Å². The average Bonchev–Trinajstić information content (AvgIpc) is 2.49. The maximum atomic E-state index is 11.8. The van der Waals surface area contributed by atoms with Crippen LogP contribution in [0.25, 0.3) is 6.08 Å². The summed E-state index contributed by atoms with van der Waals surface area (Å²) in [4.78, 5) is 13.3. The van der Waals surface area contributed by atoms with E-state index in [2.05, 4.69) is 24.3 Å². The van der Waals surface area contributed by atoms with Gasteiger partial charge in [0.05, 0.1) is 26.2 Å². The molecule has 1 fully saturated rings. The largest absolute Gasteiger partial charge is 0.466 e. The number of rotatable bonds is 5. The highest BCUT2D eigenvalue weighted by molar-refractivity contribution is 5.72. The highest BCUT2D eigenvalue weighted by atomic mass is 16.5. The van der Waals surface area contributed by atoms with Crippen molar-refractivity contribution in [2.24, 2.45) is 5.92 Å². The average molecular weight is 274 g/mol. The van der Waals surface area contributed by atoms with Gasteiger partial charge in [-0.3, -0.25) is 4.79 Å². The Kier molecular flexibility index (Phi) is 5.81. The molecule has 0 saturated carbocycles. The van der Waals surface area contributed by atoms with Crippen molar-refractivity contribution in [2.45, 2.75) is 19.8 Å². The molecular formula is C17H24NO2+. The van der Waals surface area contributed by atoms with Gasteiger partial charge in [-0.1, -0.05) is 36.4 Å². The van der Waals surface area contributed by atoms with Gasteiger partial charge in [-0.25, -0.2) is 0 Å². The number of nitrogens with one attached hydrogen (secondary N) is 1. The number of benzene rings is 1. The molecule has 1 aliphatic heterocycles. The summed E-state index contributed by atoms with van der Waals surface area (Å²) in [5, 5.41) is 0. The molecule has 108 valence electrons. The van der Waals surface area contributed by atoms with Crippen LogP contribution < -0.4 is 4.90 Å². The number of likely N-dealkylation sites (tertiary alicyclic amines) is 1. The Morgan fingerprint density at radius 2 is 2.20 bits per heavy atom. The Hall–Kier alpha value is -1.61. The first kappa shape index (κ1) is 14.8. The molecule has 1 N–H and O–H groups in total. The SMILES string of the molecule is CCOC(=O)[C@H]1CCC[NH+](C/C=C/c2ccccc2)C1. The van der Waals surface area contributed by atoms with Crippen molar-refractivity contribution in [2.75, 3.05) is 26.2 Å². The molecule has 20 heavy (non-hydrogen) atoms. The Bertz CT molecular complexity index is 442. The van der Waals surface area contributed by atoms with E-state index in [9.17, 15) is 4.79 Å². The van der Waals surface area contributed by atoms with E-state index in [1.54, 1.807) is 0 Å². The summed E-state index contributed by atoms with van der Waals surface area (Å²) >= 11 is 0. The second-order valence-corrected chi connectivity index (χ2v) is 5.31. The zero-order valence-corrected chi connectivity index (χ0v) is 12.2.